The summed E-state index contributed by atoms with van der Waals surface area (Å²) in [6.45, 7) is 3.16. The average Bonchev–Trinajstić information content (AvgIpc) is 2.36. The zero-order valence-electron chi connectivity index (χ0n) is 10.6. The van der Waals surface area contributed by atoms with E-state index in [1.165, 1.54) is 13.2 Å². The number of carbonyl (C=O) groups excluding carboxylic acids is 2. The Labute approximate surface area is 106 Å². The molecule has 0 aromatic carbocycles. The Hall–Kier alpha value is -2.17. The average molecular weight is 248 g/mol. The summed E-state index contributed by atoms with van der Waals surface area (Å²) in [5, 5.41) is 2.56. The second-order valence-electron chi connectivity index (χ2n) is 4.23. The lowest BCUT2D eigenvalue weighted by Gasteiger charge is -2.21. The van der Waals surface area contributed by atoms with Crippen LogP contribution >= 0.6 is 0 Å². The van der Waals surface area contributed by atoms with E-state index in [0.717, 1.165) is 5.56 Å². The Balaban J connectivity index is 2.62. The number of ether oxygens (including phenoxy) is 1. The molecule has 0 radical (unpaired) electrons. The fourth-order valence-corrected chi connectivity index (χ4v) is 1.30. The number of hydrogen-bond acceptors (Lipinski definition) is 4. The smallest absolute Gasteiger partial charge is 0.330 e. The molecule has 0 unspecified atom stereocenters. The maximum absolute atomic E-state index is 11.6. The van der Waals surface area contributed by atoms with E-state index >= 15 is 0 Å². The first-order chi connectivity index (χ1) is 8.45. The Kier molecular flexibility index (Phi) is 4.59. The topological polar surface area (TPSA) is 68.3 Å². The van der Waals surface area contributed by atoms with E-state index in [1.54, 1.807) is 38.4 Å². The first-order valence-corrected chi connectivity index (χ1v) is 5.44. The lowest BCUT2D eigenvalue weighted by molar-refractivity contribution is -0.148. The standard InChI is InChI=1S/C13H16N2O3/c1-13(2,12(17)18-3)15-11(16)7-6-10-5-4-8-14-9-10/h4-9H,1-3H3,(H,15,16)/b7-6+. The van der Waals surface area contributed by atoms with Gasteiger partial charge in [0, 0.05) is 18.5 Å². The van der Waals surface area contributed by atoms with Gasteiger partial charge in [-0.25, -0.2) is 4.79 Å². The quantitative estimate of drug-likeness (QED) is 0.641. The molecule has 0 bridgehead atoms. The molecular formula is C13H16N2O3. The summed E-state index contributed by atoms with van der Waals surface area (Å²) in [6, 6.07) is 3.60. The number of carbonyl (C=O) groups is 2. The van der Waals surface area contributed by atoms with Crippen molar-refractivity contribution in [1.82, 2.24) is 10.3 Å². The van der Waals surface area contributed by atoms with Crippen molar-refractivity contribution >= 4 is 18.0 Å². The van der Waals surface area contributed by atoms with E-state index < -0.39 is 11.5 Å². The zero-order valence-corrected chi connectivity index (χ0v) is 10.6. The molecule has 0 atom stereocenters. The number of amides is 1. The number of rotatable bonds is 4. The van der Waals surface area contributed by atoms with Crippen molar-refractivity contribution in [2.24, 2.45) is 0 Å². The molecule has 0 aliphatic rings. The van der Waals surface area contributed by atoms with Crippen LogP contribution in [0.4, 0.5) is 0 Å². The maximum Gasteiger partial charge on any atom is 0.330 e. The minimum atomic E-state index is -1.05. The number of aromatic nitrogens is 1. The van der Waals surface area contributed by atoms with Crippen LogP contribution in [0, 0.1) is 0 Å². The van der Waals surface area contributed by atoms with Crippen molar-refractivity contribution in [3.63, 3.8) is 0 Å². The molecule has 1 heterocycles. The fraction of sp³-hybridized carbons (Fsp3) is 0.308. The predicted octanol–water partition coefficient (Wildman–Crippen LogP) is 1.16. The van der Waals surface area contributed by atoms with Crippen molar-refractivity contribution in [1.29, 1.82) is 0 Å². The van der Waals surface area contributed by atoms with Crippen LogP contribution in [0.1, 0.15) is 19.4 Å². The molecule has 96 valence electrons. The van der Waals surface area contributed by atoms with Crippen LogP contribution in [-0.2, 0) is 14.3 Å². The van der Waals surface area contributed by atoms with Crippen molar-refractivity contribution in [2.45, 2.75) is 19.4 Å². The molecule has 0 saturated heterocycles. The summed E-state index contributed by atoms with van der Waals surface area (Å²) in [7, 11) is 1.28. The third-order valence-electron chi connectivity index (χ3n) is 2.24. The Bertz CT molecular complexity index is 453. The number of nitrogens with zero attached hydrogens (tertiary/aromatic N) is 1. The lowest BCUT2D eigenvalue weighted by atomic mass is 10.1. The highest BCUT2D eigenvalue weighted by Gasteiger charge is 2.29. The number of pyridine rings is 1. The van der Waals surface area contributed by atoms with E-state index in [-0.39, 0.29) is 5.91 Å². The zero-order chi connectivity index (χ0) is 13.6. The van der Waals surface area contributed by atoms with E-state index in [2.05, 4.69) is 15.0 Å². The molecular weight excluding hydrogens is 232 g/mol. The van der Waals surface area contributed by atoms with E-state index in [0.29, 0.717) is 0 Å². The summed E-state index contributed by atoms with van der Waals surface area (Å²) in [5.41, 5.74) is -0.242. The molecule has 0 fully saturated rings. The molecule has 1 aromatic heterocycles. The van der Waals surface area contributed by atoms with Crippen LogP contribution in [0.2, 0.25) is 0 Å². The second kappa shape index (κ2) is 5.95. The van der Waals surface area contributed by atoms with Gasteiger partial charge in [-0.15, -0.1) is 0 Å². The van der Waals surface area contributed by atoms with Crippen LogP contribution in [-0.4, -0.2) is 29.5 Å². The molecule has 1 rings (SSSR count). The highest BCUT2D eigenvalue weighted by molar-refractivity contribution is 5.95. The number of esters is 1. The summed E-state index contributed by atoms with van der Waals surface area (Å²) >= 11 is 0. The Morgan fingerprint density at radius 3 is 2.72 bits per heavy atom. The van der Waals surface area contributed by atoms with Crippen LogP contribution in [0.25, 0.3) is 6.08 Å². The normalized spacial score (nSPS) is 11.3. The van der Waals surface area contributed by atoms with Gasteiger partial charge in [0.25, 0.3) is 0 Å². The molecule has 0 spiro atoms. The van der Waals surface area contributed by atoms with Gasteiger partial charge in [0.2, 0.25) is 5.91 Å². The largest absolute Gasteiger partial charge is 0.467 e. The Morgan fingerprint density at radius 2 is 2.17 bits per heavy atom. The third-order valence-corrected chi connectivity index (χ3v) is 2.24. The summed E-state index contributed by atoms with van der Waals surface area (Å²) in [6.07, 6.45) is 6.25. The summed E-state index contributed by atoms with van der Waals surface area (Å²) in [4.78, 5) is 26.9. The van der Waals surface area contributed by atoms with Crippen molar-refractivity contribution in [2.75, 3.05) is 7.11 Å². The Morgan fingerprint density at radius 1 is 1.44 bits per heavy atom. The first kappa shape index (κ1) is 13.9. The van der Waals surface area contributed by atoms with Gasteiger partial charge in [0.1, 0.15) is 5.54 Å². The molecule has 5 nitrogen and oxygen atoms in total. The van der Waals surface area contributed by atoms with E-state index in [9.17, 15) is 9.59 Å². The molecule has 1 aromatic rings. The van der Waals surface area contributed by atoms with Crippen molar-refractivity contribution < 1.29 is 14.3 Å². The van der Waals surface area contributed by atoms with Crippen molar-refractivity contribution in [3.05, 3.63) is 36.2 Å². The number of hydrogen-bond donors (Lipinski definition) is 1. The summed E-state index contributed by atoms with van der Waals surface area (Å²) in [5.74, 6) is -0.861. The minimum absolute atomic E-state index is 0.366. The molecule has 1 N–H and O–H groups in total. The van der Waals surface area contributed by atoms with Crippen LogP contribution in [0.3, 0.4) is 0 Å². The van der Waals surface area contributed by atoms with Crippen LogP contribution < -0.4 is 5.32 Å². The molecule has 0 saturated carbocycles. The third kappa shape index (κ3) is 4.01. The highest BCUT2D eigenvalue weighted by atomic mass is 16.5. The maximum atomic E-state index is 11.6. The molecule has 5 heteroatoms. The van der Waals surface area contributed by atoms with Gasteiger partial charge in [0.15, 0.2) is 0 Å². The fourth-order valence-electron chi connectivity index (χ4n) is 1.30. The first-order valence-electron chi connectivity index (χ1n) is 5.44. The van der Waals surface area contributed by atoms with Gasteiger partial charge in [-0.05, 0) is 31.6 Å². The van der Waals surface area contributed by atoms with Gasteiger partial charge in [0.05, 0.1) is 7.11 Å². The number of nitrogens with one attached hydrogen (secondary N) is 1. The van der Waals surface area contributed by atoms with E-state index in [1.807, 2.05) is 6.07 Å². The predicted molar refractivity (Wildman–Crippen MR) is 67.5 cm³/mol. The summed E-state index contributed by atoms with van der Waals surface area (Å²) < 4.78 is 4.59. The monoisotopic (exact) mass is 248 g/mol. The van der Waals surface area contributed by atoms with Gasteiger partial charge in [-0.3, -0.25) is 9.78 Å². The molecule has 0 aliphatic carbocycles. The van der Waals surface area contributed by atoms with Crippen LogP contribution in [0.15, 0.2) is 30.6 Å². The second-order valence-corrected chi connectivity index (χ2v) is 4.23. The van der Waals surface area contributed by atoms with Gasteiger partial charge < -0.3 is 10.1 Å². The van der Waals surface area contributed by atoms with Gasteiger partial charge >= 0.3 is 5.97 Å². The van der Waals surface area contributed by atoms with Crippen LogP contribution in [0.5, 0.6) is 0 Å². The molecule has 0 aliphatic heterocycles. The minimum Gasteiger partial charge on any atom is -0.467 e. The van der Waals surface area contributed by atoms with Crippen molar-refractivity contribution in [3.8, 4) is 0 Å². The lowest BCUT2D eigenvalue weighted by Crippen LogP contribution is -2.49. The number of methoxy groups -OCH3 is 1. The van der Waals surface area contributed by atoms with Gasteiger partial charge in [-0.2, -0.15) is 0 Å². The highest BCUT2D eigenvalue weighted by Crippen LogP contribution is 2.05. The van der Waals surface area contributed by atoms with Gasteiger partial charge in [-0.1, -0.05) is 6.07 Å². The molecule has 18 heavy (non-hydrogen) atoms. The van der Waals surface area contributed by atoms with E-state index in [4.69, 9.17) is 0 Å². The molecule has 1 amide bonds. The SMILES string of the molecule is COC(=O)C(C)(C)NC(=O)/C=C/c1cccnc1.